The summed E-state index contributed by atoms with van der Waals surface area (Å²) in [5, 5.41) is 54.7. The van der Waals surface area contributed by atoms with Crippen molar-refractivity contribution in [2.75, 3.05) is 13.2 Å². The number of carbonyl (C=O) groups excluding carboxylic acids is 1. The summed E-state index contributed by atoms with van der Waals surface area (Å²) in [7, 11) is 0. The molecule has 0 aromatic heterocycles. The third-order valence-electron chi connectivity index (χ3n) is 17.7. The Morgan fingerprint density at radius 2 is 0.687 bits per heavy atom. The molecule has 0 aromatic rings. The second-order valence-corrected chi connectivity index (χ2v) is 25.7. The molecule has 0 saturated carbocycles. The van der Waals surface area contributed by atoms with Gasteiger partial charge in [-0.25, -0.2) is 0 Å². The number of amides is 1. The Kier molecular flexibility index (Phi) is 60.7. The van der Waals surface area contributed by atoms with Crippen molar-refractivity contribution >= 4 is 5.91 Å². The largest absolute Gasteiger partial charge is 0.394 e. The highest BCUT2D eigenvalue weighted by Gasteiger charge is 2.44. The fraction of sp³-hybridized carbons (Fsp3) is 0.905. The summed E-state index contributed by atoms with van der Waals surface area (Å²) in [5.74, 6) is -0.179. The lowest BCUT2D eigenvalue weighted by molar-refractivity contribution is -0.302. The van der Waals surface area contributed by atoms with Gasteiger partial charge in [0.05, 0.1) is 25.4 Å². The molecule has 6 N–H and O–H groups in total. The summed E-state index contributed by atoms with van der Waals surface area (Å²) in [4.78, 5) is 13.1. The zero-order valence-electron chi connectivity index (χ0n) is 55.0. The minimum atomic E-state index is -1.57. The van der Waals surface area contributed by atoms with Crippen molar-refractivity contribution in [2.45, 2.75) is 416 Å². The number of aliphatic hydroxyl groups is 5. The molecular weight excluding hydrogens is 1030 g/mol. The standard InChI is InChI=1S/C74H141NO8/c1-3-5-7-9-11-13-15-17-19-21-23-25-26-27-28-29-30-31-32-33-34-35-36-37-38-39-40-41-42-44-46-48-50-52-54-56-58-60-62-64-70(78)75-67(66-82-74-73(81)72(80)71(79)69(65-76)83-74)68(77)63-61-59-57-55-53-51-49-47-45-43-24-22-20-18-16-14-12-10-8-6-4-2/h21,23,53,55,61,63,67-69,71-74,76-77,79-81H,3-20,22,24-52,54,56-60,62,64-66H2,1-2H3,(H,75,78)/b23-21-,55-53+,63-61+. The minimum absolute atomic E-state index is 0.179. The summed E-state index contributed by atoms with van der Waals surface area (Å²) < 4.78 is 11.3. The second kappa shape index (κ2) is 63.4. The smallest absolute Gasteiger partial charge is 0.220 e. The summed E-state index contributed by atoms with van der Waals surface area (Å²) >= 11 is 0. The van der Waals surface area contributed by atoms with Crippen molar-refractivity contribution in [2.24, 2.45) is 0 Å². The van der Waals surface area contributed by atoms with Crippen molar-refractivity contribution < 1.29 is 39.8 Å². The van der Waals surface area contributed by atoms with E-state index in [0.717, 1.165) is 38.5 Å². The van der Waals surface area contributed by atoms with Gasteiger partial charge in [-0.05, 0) is 57.8 Å². The van der Waals surface area contributed by atoms with Crippen molar-refractivity contribution in [1.82, 2.24) is 5.32 Å². The molecule has 9 heteroatoms. The Labute approximate surface area is 514 Å². The molecule has 490 valence electrons. The first-order valence-corrected chi connectivity index (χ1v) is 36.7. The summed E-state index contributed by atoms with van der Waals surface area (Å²) in [6.45, 7) is 3.81. The van der Waals surface area contributed by atoms with E-state index in [1.54, 1.807) is 6.08 Å². The maximum atomic E-state index is 13.1. The molecule has 0 aliphatic carbocycles. The summed E-state index contributed by atoms with van der Waals surface area (Å²) in [6, 6.07) is -0.821. The predicted octanol–water partition coefficient (Wildman–Crippen LogP) is 20.2. The van der Waals surface area contributed by atoms with Crippen LogP contribution in [0.2, 0.25) is 0 Å². The number of hydrogen-bond acceptors (Lipinski definition) is 8. The number of aliphatic hydroxyl groups excluding tert-OH is 5. The molecule has 1 fully saturated rings. The Hall–Kier alpha value is -1.59. The molecule has 7 unspecified atom stereocenters. The Bertz CT molecular complexity index is 1410. The quantitative estimate of drug-likeness (QED) is 0.0261. The number of hydrogen-bond donors (Lipinski definition) is 6. The Balaban J connectivity index is 2.06. The molecule has 1 aliphatic heterocycles. The zero-order chi connectivity index (χ0) is 60.0. The van der Waals surface area contributed by atoms with Crippen LogP contribution < -0.4 is 5.32 Å². The van der Waals surface area contributed by atoms with Crippen LogP contribution in [0.1, 0.15) is 373 Å². The second-order valence-electron chi connectivity index (χ2n) is 25.7. The van der Waals surface area contributed by atoms with Crippen LogP contribution in [-0.4, -0.2) is 87.5 Å². The molecule has 9 nitrogen and oxygen atoms in total. The van der Waals surface area contributed by atoms with Crippen LogP contribution in [0.25, 0.3) is 0 Å². The third-order valence-corrected chi connectivity index (χ3v) is 17.7. The lowest BCUT2D eigenvalue weighted by Crippen LogP contribution is -2.60. The molecule has 1 aliphatic rings. The highest BCUT2D eigenvalue weighted by atomic mass is 16.7. The molecule has 0 radical (unpaired) electrons. The SMILES string of the molecule is CCCCCCCCCC/C=C\CCCCCCCCCCCCCCCCCCCCCCCCCCCCCC(=O)NC(COC1OC(CO)C(O)C(O)C1O)C(O)/C=C/CC/C=C/CCCCCCCCCCCCCCCCC. The van der Waals surface area contributed by atoms with Crippen molar-refractivity contribution in [3.8, 4) is 0 Å². The molecular formula is C74H141NO8. The summed E-state index contributed by atoms with van der Waals surface area (Å²) in [5.41, 5.74) is 0. The van der Waals surface area contributed by atoms with Gasteiger partial charge in [0.2, 0.25) is 5.91 Å². The lowest BCUT2D eigenvalue weighted by Gasteiger charge is -2.40. The molecule has 1 rings (SSSR count). The lowest BCUT2D eigenvalue weighted by atomic mass is 9.99. The average Bonchev–Trinajstić information content (AvgIpc) is 3.60. The highest BCUT2D eigenvalue weighted by Crippen LogP contribution is 2.24. The molecule has 1 amide bonds. The van der Waals surface area contributed by atoms with Crippen LogP contribution in [0.3, 0.4) is 0 Å². The van der Waals surface area contributed by atoms with Crippen LogP contribution in [0.5, 0.6) is 0 Å². The van der Waals surface area contributed by atoms with Gasteiger partial charge in [-0.3, -0.25) is 4.79 Å². The average molecular weight is 1170 g/mol. The number of allylic oxidation sites excluding steroid dienone is 5. The van der Waals surface area contributed by atoms with E-state index in [1.165, 1.54) is 315 Å². The van der Waals surface area contributed by atoms with E-state index in [9.17, 15) is 30.3 Å². The predicted molar refractivity (Wildman–Crippen MR) is 355 cm³/mol. The Morgan fingerprint density at radius 3 is 1.01 bits per heavy atom. The Morgan fingerprint density at radius 1 is 0.398 bits per heavy atom. The van der Waals surface area contributed by atoms with Gasteiger partial charge < -0.3 is 40.3 Å². The fourth-order valence-electron chi connectivity index (χ4n) is 11.9. The van der Waals surface area contributed by atoms with E-state index in [1.807, 2.05) is 6.08 Å². The van der Waals surface area contributed by atoms with Crippen LogP contribution in [0.4, 0.5) is 0 Å². The molecule has 1 heterocycles. The maximum Gasteiger partial charge on any atom is 0.220 e. The van der Waals surface area contributed by atoms with E-state index in [0.29, 0.717) is 6.42 Å². The number of unbranched alkanes of at least 4 members (excludes halogenated alkanes) is 51. The van der Waals surface area contributed by atoms with Gasteiger partial charge in [-0.1, -0.05) is 346 Å². The van der Waals surface area contributed by atoms with E-state index in [2.05, 4.69) is 43.5 Å². The molecule has 83 heavy (non-hydrogen) atoms. The molecule has 0 aromatic carbocycles. The molecule has 0 spiro atoms. The van der Waals surface area contributed by atoms with Gasteiger partial charge in [-0.2, -0.15) is 0 Å². The monoisotopic (exact) mass is 1170 g/mol. The van der Waals surface area contributed by atoms with Crippen LogP contribution in [0, 0.1) is 0 Å². The number of ether oxygens (including phenoxy) is 2. The molecule has 1 saturated heterocycles. The van der Waals surface area contributed by atoms with Gasteiger partial charge in [0, 0.05) is 6.42 Å². The van der Waals surface area contributed by atoms with Crippen LogP contribution in [0.15, 0.2) is 36.5 Å². The third kappa shape index (κ3) is 52.1. The normalized spacial score (nSPS) is 18.4. The first kappa shape index (κ1) is 79.4. The number of carbonyl (C=O) groups is 1. The van der Waals surface area contributed by atoms with Gasteiger partial charge in [0.1, 0.15) is 24.4 Å². The topological polar surface area (TPSA) is 149 Å². The van der Waals surface area contributed by atoms with Crippen molar-refractivity contribution in [3.63, 3.8) is 0 Å². The van der Waals surface area contributed by atoms with Gasteiger partial charge in [0.15, 0.2) is 6.29 Å². The van der Waals surface area contributed by atoms with E-state index < -0.39 is 49.5 Å². The van der Waals surface area contributed by atoms with Crippen molar-refractivity contribution in [3.05, 3.63) is 36.5 Å². The number of rotatable bonds is 65. The van der Waals surface area contributed by atoms with Crippen molar-refractivity contribution in [1.29, 1.82) is 0 Å². The molecule has 7 atom stereocenters. The van der Waals surface area contributed by atoms with E-state index in [-0.39, 0.29) is 12.5 Å². The van der Waals surface area contributed by atoms with Gasteiger partial charge in [-0.15, -0.1) is 0 Å². The van der Waals surface area contributed by atoms with E-state index in [4.69, 9.17) is 9.47 Å². The van der Waals surface area contributed by atoms with E-state index >= 15 is 0 Å². The first-order valence-electron chi connectivity index (χ1n) is 36.7. The van der Waals surface area contributed by atoms with Crippen LogP contribution in [-0.2, 0) is 14.3 Å². The number of nitrogens with one attached hydrogen (secondary N) is 1. The highest BCUT2D eigenvalue weighted by molar-refractivity contribution is 5.76. The maximum absolute atomic E-state index is 13.1. The first-order chi connectivity index (χ1) is 40.8. The zero-order valence-corrected chi connectivity index (χ0v) is 55.0. The minimum Gasteiger partial charge on any atom is -0.394 e. The molecule has 0 bridgehead atoms. The van der Waals surface area contributed by atoms with Crippen LogP contribution >= 0.6 is 0 Å². The summed E-state index contributed by atoms with van der Waals surface area (Å²) in [6.07, 6.45) is 78.5. The van der Waals surface area contributed by atoms with Gasteiger partial charge in [0.25, 0.3) is 0 Å². The van der Waals surface area contributed by atoms with Gasteiger partial charge >= 0.3 is 0 Å². The fourth-order valence-corrected chi connectivity index (χ4v) is 11.9.